The molecule has 0 radical (unpaired) electrons. The van der Waals surface area contributed by atoms with Gasteiger partial charge in [0.25, 0.3) is 0 Å². The number of carbonyl (C=O) groups is 1. The molecule has 0 bridgehead atoms. The molecule has 4 rings (SSSR count). The van der Waals surface area contributed by atoms with E-state index in [2.05, 4.69) is 44.0 Å². The second kappa shape index (κ2) is 5.83. The number of rotatable bonds is 2. The molecular weight excluding hydrogens is 320 g/mol. The van der Waals surface area contributed by atoms with Gasteiger partial charge in [0, 0.05) is 31.3 Å². The van der Waals surface area contributed by atoms with Gasteiger partial charge in [0.15, 0.2) is 11.5 Å². The van der Waals surface area contributed by atoms with Crippen LogP contribution in [-0.4, -0.2) is 46.8 Å². The second-order valence-corrected chi connectivity index (χ2v) is 6.52. The summed E-state index contributed by atoms with van der Waals surface area (Å²) in [5.74, 6) is 2.70. The van der Waals surface area contributed by atoms with Crippen molar-refractivity contribution in [1.82, 2.24) is 34.3 Å². The van der Waals surface area contributed by atoms with Crippen LogP contribution in [0.15, 0.2) is 18.3 Å². The number of carbonyl (C=O) groups excluding carboxylic acids is 1. The predicted octanol–water partition coefficient (Wildman–Crippen LogP) is 1.80. The molecule has 0 aromatic carbocycles. The molecule has 3 aromatic heterocycles. The second-order valence-electron chi connectivity index (χ2n) is 6.52. The van der Waals surface area contributed by atoms with E-state index in [4.69, 9.17) is 0 Å². The van der Waals surface area contributed by atoms with Crippen LogP contribution in [0.5, 0.6) is 0 Å². The normalized spacial score (nSPS) is 14.2. The SMILES string of the molecule is Cc1cc2nccc(NC(=O)N3CCn4c(nnc4C(C)C)C3)n2n1. The number of nitrogens with zero attached hydrogens (tertiary/aromatic N) is 7. The molecule has 25 heavy (non-hydrogen) atoms. The first-order valence-corrected chi connectivity index (χ1v) is 8.32. The monoisotopic (exact) mass is 340 g/mol. The number of nitrogens with one attached hydrogen (secondary N) is 1. The van der Waals surface area contributed by atoms with Crippen LogP contribution in [0.3, 0.4) is 0 Å². The lowest BCUT2D eigenvalue weighted by Gasteiger charge is -2.28. The van der Waals surface area contributed by atoms with Crippen LogP contribution in [-0.2, 0) is 13.1 Å². The van der Waals surface area contributed by atoms with Crippen molar-refractivity contribution in [3.63, 3.8) is 0 Å². The number of fused-ring (bicyclic) bond motifs is 2. The van der Waals surface area contributed by atoms with Gasteiger partial charge in [-0.3, -0.25) is 5.32 Å². The average Bonchev–Trinajstić information content (AvgIpc) is 3.17. The first kappa shape index (κ1) is 15.6. The van der Waals surface area contributed by atoms with Crippen molar-refractivity contribution in [3.8, 4) is 0 Å². The van der Waals surface area contributed by atoms with E-state index in [1.54, 1.807) is 21.7 Å². The molecule has 1 aliphatic rings. The number of aryl methyl sites for hydroxylation is 1. The highest BCUT2D eigenvalue weighted by atomic mass is 16.2. The summed E-state index contributed by atoms with van der Waals surface area (Å²) in [4.78, 5) is 18.6. The van der Waals surface area contributed by atoms with Gasteiger partial charge in [0.1, 0.15) is 11.6 Å². The van der Waals surface area contributed by atoms with E-state index in [-0.39, 0.29) is 6.03 Å². The largest absolute Gasteiger partial charge is 0.323 e. The van der Waals surface area contributed by atoms with Gasteiger partial charge in [-0.2, -0.15) is 9.61 Å². The van der Waals surface area contributed by atoms with Gasteiger partial charge in [-0.1, -0.05) is 13.8 Å². The lowest BCUT2D eigenvalue weighted by Crippen LogP contribution is -2.41. The Balaban J connectivity index is 1.53. The molecule has 0 unspecified atom stereocenters. The molecule has 2 amide bonds. The molecule has 1 aliphatic heterocycles. The Morgan fingerprint density at radius 1 is 1.28 bits per heavy atom. The number of hydrogen-bond acceptors (Lipinski definition) is 5. The maximum Gasteiger partial charge on any atom is 0.323 e. The fraction of sp³-hybridized carbons (Fsp3) is 0.438. The van der Waals surface area contributed by atoms with Crippen LogP contribution < -0.4 is 5.32 Å². The van der Waals surface area contributed by atoms with Crippen LogP contribution in [0.1, 0.15) is 37.1 Å². The lowest BCUT2D eigenvalue weighted by molar-refractivity contribution is 0.195. The van der Waals surface area contributed by atoms with E-state index in [1.807, 2.05) is 13.0 Å². The van der Waals surface area contributed by atoms with Crippen molar-refractivity contribution in [1.29, 1.82) is 0 Å². The van der Waals surface area contributed by atoms with Gasteiger partial charge in [0.05, 0.1) is 12.2 Å². The molecule has 0 spiro atoms. The van der Waals surface area contributed by atoms with Crippen molar-refractivity contribution in [3.05, 3.63) is 35.7 Å². The van der Waals surface area contributed by atoms with Crippen LogP contribution in [0.25, 0.3) is 5.65 Å². The summed E-state index contributed by atoms with van der Waals surface area (Å²) >= 11 is 0. The summed E-state index contributed by atoms with van der Waals surface area (Å²) in [6, 6.07) is 3.42. The molecule has 0 saturated heterocycles. The van der Waals surface area contributed by atoms with Gasteiger partial charge in [-0.25, -0.2) is 9.78 Å². The highest BCUT2D eigenvalue weighted by molar-refractivity contribution is 5.88. The molecule has 0 atom stereocenters. The number of anilines is 1. The summed E-state index contributed by atoms with van der Waals surface area (Å²) in [7, 11) is 0. The lowest BCUT2D eigenvalue weighted by atomic mass is 10.2. The van der Waals surface area contributed by atoms with Crippen LogP contribution in [0.4, 0.5) is 10.6 Å². The Hall–Kier alpha value is -2.97. The van der Waals surface area contributed by atoms with Crippen molar-refractivity contribution >= 4 is 17.5 Å². The molecule has 0 aliphatic carbocycles. The van der Waals surface area contributed by atoms with Gasteiger partial charge < -0.3 is 9.47 Å². The Morgan fingerprint density at radius 3 is 2.92 bits per heavy atom. The highest BCUT2D eigenvalue weighted by Gasteiger charge is 2.25. The van der Waals surface area contributed by atoms with E-state index >= 15 is 0 Å². The molecule has 0 saturated carbocycles. The molecule has 4 heterocycles. The van der Waals surface area contributed by atoms with Gasteiger partial charge in [-0.05, 0) is 13.0 Å². The maximum absolute atomic E-state index is 12.7. The molecule has 3 aromatic rings. The number of urea groups is 1. The zero-order valence-electron chi connectivity index (χ0n) is 14.5. The molecule has 0 fully saturated rings. The van der Waals surface area contributed by atoms with Crippen molar-refractivity contribution in [2.75, 3.05) is 11.9 Å². The standard InChI is InChI=1S/C16H20N8O/c1-10(2)15-20-19-14-9-22(6-7-23(14)15)16(25)18-12-4-5-17-13-8-11(3)21-24(12)13/h4-5,8,10H,6-7,9H2,1-3H3,(H,18,25). The van der Waals surface area contributed by atoms with Gasteiger partial charge in [0.2, 0.25) is 0 Å². The average molecular weight is 340 g/mol. The Labute approximate surface area is 144 Å². The smallest absolute Gasteiger partial charge is 0.315 e. The molecule has 130 valence electrons. The number of hydrogen-bond donors (Lipinski definition) is 1. The zero-order chi connectivity index (χ0) is 17.6. The van der Waals surface area contributed by atoms with Crippen LogP contribution in [0.2, 0.25) is 0 Å². The Bertz CT molecular complexity index is 941. The number of aromatic nitrogens is 6. The molecule has 9 nitrogen and oxygen atoms in total. The van der Waals surface area contributed by atoms with Crippen LogP contribution >= 0.6 is 0 Å². The van der Waals surface area contributed by atoms with Gasteiger partial charge in [-0.15, -0.1) is 10.2 Å². The van der Waals surface area contributed by atoms with Crippen molar-refractivity contribution in [2.24, 2.45) is 0 Å². The van der Waals surface area contributed by atoms with E-state index in [0.29, 0.717) is 37.0 Å². The Kier molecular flexibility index (Phi) is 3.63. The summed E-state index contributed by atoms with van der Waals surface area (Å²) in [5.41, 5.74) is 1.55. The first-order chi connectivity index (χ1) is 12.0. The topological polar surface area (TPSA) is 93.2 Å². The third kappa shape index (κ3) is 2.71. The van der Waals surface area contributed by atoms with Crippen LogP contribution in [0, 0.1) is 6.92 Å². The molecular formula is C16H20N8O. The third-order valence-corrected chi connectivity index (χ3v) is 4.30. The maximum atomic E-state index is 12.7. The van der Waals surface area contributed by atoms with E-state index < -0.39 is 0 Å². The fourth-order valence-corrected chi connectivity index (χ4v) is 3.07. The van der Waals surface area contributed by atoms with Crippen molar-refractivity contribution in [2.45, 2.75) is 39.8 Å². The van der Waals surface area contributed by atoms with Crippen molar-refractivity contribution < 1.29 is 4.79 Å². The van der Waals surface area contributed by atoms with E-state index in [9.17, 15) is 4.79 Å². The highest BCUT2D eigenvalue weighted by Crippen LogP contribution is 2.19. The fourth-order valence-electron chi connectivity index (χ4n) is 3.07. The molecule has 1 N–H and O–H groups in total. The number of amides is 2. The minimum Gasteiger partial charge on any atom is -0.315 e. The summed E-state index contributed by atoms with van der Waals surface area (Å²) in [6.07, 6.45) is 1.66. The minimum absolute atomic E-state index is 0.180. The summed E-state index contributed by atoms with van der Waals surface area (Å²) < 4.78 is 3.74. The van der Waals surface area contributed by atoms with E-state index in [0.717, 1.165) is 17.3 Å². The van der Waals surface area contributed by atoms with E-state index in [1.165, 1.54) is 0 Å². The summed E-state index contributed by atoms with van der Waals surface area (Å²) in [5, 5.41) is 15.8. The summed E-state index contributed by atoms with van der Waals surface area (Å²) in [6.45, 7) is 7.84. The predicted molar refractivity (Wildman–Crippen MR) is 91.3 cm³/mol. The minimum atomic E-state index is -0.180. The quantitative estimate of drug-likeness (QED) is 0.768. The first-order valence-electron chi connectivity index (χ1n) is 8.32. The zero-order valence-corrected chi connectivity index (χ0v) is 14.5. The Morgan fingerprint density at radius 2 is 2.12 bits per heavy atom. The molecule has 9 heteroatoms. The van der Waals surface area contributed by atoms with Gasteiger partial charge >= 0.3 is 6.03 Å². The third-order valence-electron chi connectivity index (χ3n) is 4.30.